The molecule has 1 rings (SSSR count). The van der Waals surface area contributed by atoms with Gasteiger partial charge in [-0.25, -0.2) is 4.79 Å². The van der Waals surface area contributed by atoms with Crippen LogP contribution in [0.5, 0.6) is 0 Å². The van der Waals surface area contributed by atoms with Crippen molar-refractivity contribution in [2.45, 2.75) is 33.1 Å². The van der Waals surface area contributed by atoms with Crippen LogP contribution in [-0.2, 0) is 9.59 Å². The van der Waals surface area contributed by atoms with Crippen LogP contribution in [0, 0.1) is 5.92 Å². The van der Waals surface area contributed by atoms with E-state index in [4.69, 9.17) is 5.11 Å². The maximum Gasteiger partial charge on any atom is 0.331 e. The Labute approximate surface area is 89.5 Å². The lowest BCUT2D eigenvalue weighted by molar-refractivity contribution is -0.132. The summed E-state index contributed by atoms with van der Waals surface area (Å²) in [6.07, 6.45) is 5.44. The Kier molecular flexibility index (Phi) is 3.83. The van der Waals surface area contributed by atoms with Crippen molar-refractivity contribution in [3.05, 3.63) is 22.8 Å². The van der Waals surface area contributed by atoms with Crippen molar-refractivity contribution in [1.29, 1.82) is 0 Å². The van der Waals surface area contributed by atoms with Crippen molar-refractivity contribution in [2.24, 2.45) is 5.92 Å². The molecule has 1 saturated carbocycles. The molecule has 0 heterocycles. The third kappa shape index (κ3) is 3.05. The van der Waals surface area contributed by atoms with Crippen LogP contribution in [-0.4, -0.2) is 17.4 Å². The average molecular weight is 208 g/mol. The van der Waals surface area contributed by atoms with Gasteiger partial charge in [-0.2, -0.15) is 0 Å². The Balaban J connectivity index is 2.91. The van der Waals surface area contributed by atoms with Gasteiger partial charge < -0.3 is 5.11 Å². The molecule has 0 amide bonds. The minimum absolute atomic E-state index is 0.122. The minimum Gasteiger partial charge on any atom is -0.478 e. The number of carboxylic acid groups (broad SMARTS) is 1. The molecule has 1 atom stereocenters. The van der Waals surface area contributed by atoms with E-state index in [0.717, 1.165) is 19.3 Å². The van der Waals surface area contributed by atoms with E-state index in [1.165, 1.54) is 12.5 Å². The summed E-state index contributed by atoms with van der Waals surface area (Å²) in [6.45, 7) is 3.62. The van der Waals surface area contributed by atoms with Gasteiger partial charge in [0.25, 0.3) is 0 Å². The van der Waals surface area contributed by atoms with Crippen molar-refractivity contribution in [2.75, 3.05) is 0 Å². The highest BCUT2D eigenvalue weighted by molar-refractivity contribution is 5.95. The second-order valence-electron chi connectivity index (χ2n) is 4.15. The highest BCUT2D eigenvalue weighted by Crippen LogP contribution is 2.30. The summed E-state index contributed by atoms with van der Waals surface area (Å²) < 4.78 is 0. The van der Waals surface area contributed by atoms with Crippen molar-refractivity contribution in [1.82, 2.24) is 0 Å². The van der Waals surface area contributed by atoms with Crippen LogP contribution in [0.1, 0.15) is 33.1 Å². The first-order chi connectivity index (χ1) is 7.04. The molecule has 1 N–H and O–H groups in total. The van der Waals surface area contributed by atoms with E-state index in [1.54, 1.807) is 6.08 Å². The second kappa shape index (κ2) is 4.91. The molecule has 0 spiro atoms. The van der Waals surface area contributed by atoms with E-state index in [9.17, 15) is 9.59 Å². The molecule has 82 valence electrons. The predicted molar refractivity (Wildman–Crippen MR) is 57.5 cm³/mol. The maximum atomic E-state index is 10.8. The molecule has 1 aliphatic carbocycles. The number of aldehydes is 1. The monoisotopic (exact) mass is 208 g/mol. The molecule has 0 aromatic heterocycles. The molecule has 0 saturated heterocycles. The highest BCUT2D eigenvalue weighted by Gasteiger charge is 2.16. The van der Waals surface area contributed by atoms with Crippen LogP contribution < -0.4 is 0 Å². The van der Waals surface area contributed by atoms with Gasteiger partial charge in [0.15, 0.2) is 6.29 Å². The van der Waals surface area contributed by atoms with Crippen molar-refractivity contribution in [3.8, 4) is 0 Å². The topological polar surface area (TPSA) is 54.4 Å². The van der Waals surface area contributed by atoms with Crippen LogP contribution in [0.2, 0.25) is 0 Å². The van der Waals surface area contributed by atoms with E-state index >= 15 is 0 Å². The number of hydrogen-bond acceptors (Lipinski definition) is 2. The van der Waals surface area contributed by atoms with Crippen molar-refractivity contribution < 1.29 is 14.7 Å². The zero-order valence-electron chi connectivity index (χ0n) is 9.12. The summed E-state index contributed by atoms with van der Waals surface area (Å²) >= 11 is 0. The minimum atomic E-state index is -1.03. The summed E-state index contributed by atoms with van der Waals surface area (Å²) in [7, 11) is 0. The zero-order valence-corrected chi connectivity index (χ0v) is 9.12. The van der Waals surface area contributed by atoms with Crippen LogP contribution in [0.4, 0.5) is 0 Å². The third-order valence-electron chi connectivity index (χ3n) is 2.81. The fourth-order valence-corrected chi connectivity index (χ4v) is 1.79. The molecular weight excluding hydrogens is 192 g/mol. The van der Waals surface area contributed by atoms with Crippen LogP contribution >= 0.6 is 0 Å². The predicted octanol–water partition coefficient (Wildman–Crippen LogP) is 2.33. The summed E-state index contributed by atoms with van der Waals surface area (Å²) in [5.41, 5.74) is 1.61. The maximum absolute atomic E-state index is 10.8. The lowest BCUT2D eigenvalue weighted by Gasteiger charge is -2.00. The molecule has 0 bridgehead atoms. The SMILES string of the molecule is C/C(C(=O)O)=C(C=O)\C=C1\CCC(C)C1. The van der Waals surface area contributed by atoms with Crippen molar-refractivity contribution in [3.63, 3.8) is 0 Å². The van der Waals surface area contributed by atoms with Gasteiger partial charge in [0.1, 0.15) is 0 Å². The number of carbonyl (C=O) groups is 2. The fourth-order valence-electron chi connectivity index (χ4n) is 1.79. The second-order valence-corrected chi connectivity index (χ2v) is 4.15. The highest BCUT2D eigenvalue weighted by atomic mass is 16.4. The number of hydrogen-bond donors (Lipinski definition) is 1. The first-order valence-electron chi connectivity index (χ1n) is 5.13. The smallest absolute Gasteiger partial charge is 0.331 e. The van der Waals surface area contributed by atoms with Gasteiger partial charge in [-0.05, 0) is 32.1 Å². The molecule has 0 aromatic rings. The first-order valence-corrected chi connectivity index (χ1v) is 5.13. The van der Waals surface area contributed by atoms with E-state index in [-0.39, 0.29) is 5.57 Å². The van der Waals surface area contributed by atoms with E-state index in [2.05, 4.69) is 6.92 Å². The van der Waals surface area contributed by atoms with Gasteiger partial charge in [0.05, 0.1) is 0 Å². The van der Waals surface area contributed by atoms with Gasteiger partial charge in [-0.1, -0.05) is 18.6 Å². The van der Waals surface area contributed by atoms with Gasteiger partial charge in [0.2, 0.25) is 0 Å². The molecule has 0 aliphatic heterocycles. The van der Waals surface area contributed by atoms with E-state index in [1.807, 2.05) is 0 Å². The number of allylic oxidation sites excluding steroid dienone is 3. The lowest BCUT2D eigenvalue weighted by Crippen LogP contribution is -2.01. The van der Waals surface area contributed by atoms with Crippen LogP contribution in [0.15, 0.2) is 22.8 Å². The van der Waals surface area contributed by atoms with Gasteiger partial charge in [-0.15, -0.1) is 0 Å². The molecule has 0 radical (unpaired) electrons. The Hall–Kier alpha value is -1.38. The van der Waals surface area contributed by atoms with Gasteiger partial charge in [-0.3, -0.25) is 4.79 Å². The molecule has 3 heteroatoms. The summed E-state index contributed by atoms with van der Waals surface area (Å²) in [6, 6.07) is 0. The third-order valence-corrected chi connectivity index (χ3v) is 2.81. The van der Waals surface area contributed by atoms with Gasteiger partial charge in [0, 0.05) is 11.1 Å². The Morgan fingerprint density at radius 2 is 2.20 bits per heavy atom. The normalized spacial score (nSPS) is 25.2. The Bertz CT molecular complexity index is 337. The molecular formula is C12H16O3. The number of carbonyl (C=O) groups excluding carboxylic acids is 1. The number of rotatable bonds is 3. The van der Waals surface area contributed by atoms with E-state index < -0.39 is 5.97 Å². The first kappa shape index (κ1) is 11.7. The largest absolute Gasteiger partial charge is 0.478 e. The number of carboxylic acids is 1. The zero-order chi connectivity index (χ0) is 11.4. The molecule has 1 aliphatic rings. The quantitative estimate of drug-likeness (QED) is 0.572. The summed E-state index contributed by atoms with van der Waals surface area (Å²) in [5.74, 6) is -0.380. The van der Waals surface area contributed by atoms with Crippen LogP contribution in [0.3, 0.4) is 0 Å². The fraction of sp³-hybridized carbons (Fsp3) is 0.500. The molecule has 1 fully saturated rings. The van der Waals surface area contributed by atoms with Gasteiger partial charge >= 0.3 is 5.97 Å². The van der Waals surface area contributed by atoms with E-state index in [0.29, 0.717) is 17.8 Å². The molecule has 0 aromatic carbocycles. The average Bonchev–Trinajstić information content (AvgIpc) is 2.59. The van der Waals surface area contributed by atoms with Crippen molar-refractivity contribution >= 4 is 12.3 Å². The Morgan fingerprint density at radius 3 is 2.60 bits per heavy atom. The number of aliphatic carboxylic acids is 1. The standard InChI is InChI=1S/C12H16O3/c1-8-3-4-10(5-8)6-11(7-13)9(2)12(14)15/h6-8H,3-5H2,1-2H3,(H,14,15)/b10-6-,11-9-. The van der Waals surface area contributed by atoms with Crippen LogP contribution in [0.25, 0.3) is 0 Å². The summed E-state index contributed by atoms with van der Waals surface area (Å²) in [5, 5.41) is 8.76. The lowest BCUT2D eigenvalue weighted by atomic mass is 10.1. The Morgan fingerprint density at radius 1 is 1.53 bits per heavy atom. The molecule has 3 nitrogen and oxygen atoms in total. The molecule has 1 unspecified atom stereocenters. The molecule has 15 heavy (non-hydrogen) atoms. The summed E-state index contributed by atoms with van der Waals surface area (Å²) in [4.78, 5) is 21.4.